The second-order valence-electron chi connectivity index (χ2n) is 9.61. The molecule has 4 rings (SSSR count). The van der Waals surface area contributed by atoms with Gasteiger partial charge in [0.05, 0.1) is 12.6 Å². The molecule has 36 heavy (non-hydrogen) atoms. The van der Waals surface area contributed by atoms with E-state index in [0.717, 1.165) is 35.8 Å². The van der Waals surface area contributed by atoms with Crippen LogP contribution in [0.3, 0.4) is 0 Å². The average Bonchev–Trinajstić information content (AvgIpc) is 3.38. The van der Waals surface area contributed by atoms with Crippen molar-refractivity contribution in [2.75, 3.05) is 63.3 Å². The highest BCUT2D eigenvalue weighted by atomic mass is 16.5. The Morgan fingerprint density at radius 1 is 1.33 bits per heavy atom. The van der Waals surface area contributed by atoms with Crippen LogP contribution in [0.2, 0.25) is 0 Å². The van der Waals surface area contributed by atoms with Crippen LogP contribution in [-0.2, 0) is 9.53 Å². The SMILES string of the molecule is CNCC(O)COc1cccc(-c2nc(NC3CCOC3)c(C)c(N3CCN(C(C)=O)C[C@H]3C)n2)c1. The van der Waals surface area contributed by atoms with E-state index in [-0.39, 0.29) is 24.6 Å². The lowest BCUT2D eigenvalue weighted by molar-refractivity contribution is -0.129. The average molecular weight is 499 g/mol. The summed E-state index contributed by atoms with van der Waals surface area (Å²) in [6, 6.07) is 7.96. The Morgan fingerprint density at radius 3 is 2.86 bits per heavy atom. The smallest absolute Gasteiger partial charge is 0.219 e. The van der Waals surface area contributed by atoms with E-state index >= 15 is 0 Å². The first kappa shape index (κ1) is 26.1. The molecule has 2 saturated heterocycles. The van der Waals surface area contributed by atoms with Crippen molar-refractivity contribution >= 4 is 17.5 Å². The standard InChI is InChI=1S/C26H38N6O4/c1-17-14-31(19(3)33)9-10-32(17)26-18(2)24(28-21-8-11-35-15-21)29-25(30-26)20-6-5-7-23(12-20)36-16-22(34)13-27-4/h5-7,12,17,21-22,27,34H,8-11,13-16H2,1-4H3,(H,28,29,30)/t17-,21?,22?/m1/s1. The van der Waals surface area contributed by atoms with Gasteiger partial charge in [-0.05, 0) is 39.4 Å². The Balaban J connectivity index is 1.65. The fourth-order valence-corrected chi connectivity index (χ4v) is 4.67. The Labute approximate surface area is 213 Å². The minimum Gasteiger partial charge on any atom is -0.491 e. The van der Waals surface area contributed by atoms with Gasteiger partial charge in [0.1, 0.15) is 30.1 Å². The van der Waals surface area contributed by atoms with Crippen molar-refractivity contribution in [2.45, 2.75) is 45.4 Å². The number of aliphatic hydroxyl groups excluding tert-OH is 1. The number of benzene rings is 1. The zero-order valence-electron chi connectivity index (χ0n) is 21.7. The van der Waals surface area contributed by atoms with Crippen LogP contribution in [0.5, 0.6) is 5.75 Å². The van der Waals surface area contributed by atoms with E-state index in [2.05, 4.69) is 22.5 Å². The maximum Gasteiger partial charge on any atom is 0.219 e. The molecule has 1 aromatic heterocycles. The molecule has 2 aliphatic rings. The monoisotopic (exact) mass is 498 g/mol. The number of anilines is 2. The molecule has 0 aliphatic carbocycles. The van der Waals surface area contributed by atoms with E-state index in [9.17, 15) is 9.90 Å². The number of hydrogen-bond donors (Lipinski definition) is 3. The first-order valence-corrected chi connectivity index (χ1v) is 12.7. The number of nitrogens with zero attached hydrogens (tertiary/aromatic N) is 4. The fourth-order valence-electron chi connectivity index (χ4n) is 4.67. The van der Waals surface area contributed by atoms with Crippen molar-refractivity contribution in [2.24, 2.45) is 0 Å². The van der Waals surface area contributed by atoms with Gasteiger partial charge in [0.2, 0.25) is 5.91 Å². The van der Waals surface area contributed by atoms with E-state index in [0.29, 0.717) is 44.4 Å². The Kier molecular flexibility index (Phi) is 8.60. The van der Waals surface area contributed by atoms with Gasteiger partial charge in [-0.2, -0.15) is 0 Å². The topological polar surface area (TPSA) is 112 Å². The second-order valence-corrected chi connectivity index (χ2v) is 9.61. The van der Waals surface area contributed by atoms with E-state index in [1.807, 2.05) is 36.1 Å². The third-order valence-corrected chi connectivity index (χ3v) is 6.71. The highest BCUT2D eigenvalue weighted by Crippen LogP contribution is 2.32. The predicted molar refractivity (Wildman–Crippen MR) is 140 cm³/mol. The molecule has 0 bridgehead atoms. The highest BCUT2D eigenvalue weighted by molar-refractivity contribution is 5.74. The van der Waals surface area contributed by atoms with E-state index < -0.39 is 6.10 Å². The summed E-state index contributed by atoms with van der Waals surface area (Å²) >= 11 is 0. The third-order valence-electron chi connectivity index (χ3n) is 6.71. The van der Waals surface area contributed by atoms with Crippen molar-refractivity contribution in [3.63, 3.8) is 0 Å². The molecule has 10 heteroatoms. The number of carbonyl (C=O) groups excluding carboxylic acids is 1. The number of likely N-dealkylation sites (N-methyl/N-ethyl adjacent to an activating group) is 1. The van der Waals surface area contributed by atoms with Gasteiger partial charge in [0, 0.05) is 56.9 Å². The molecule has 1 aromatic carbocycles. The number of aromatic nitrogens is 2. The zero-order chi connectivity index (χ0) is 25.7. The van der Waals surface area contributed by atoms with Crippen molar-refractivity contribution in [3.8, 4) is 17.1 Å². The molecule has 2 unspecified atom stereocenters. The molecule has 0 saturated carbocycles. The van der Waals surface area contributed by atoms with E-state index in [4.69, 9.17) is 19.4 Å². The molecular weight excluding hydrogens is 460 g/mol. The lowest BCUT2D eigenvalue weighted by Gasteiger charge is -2.41. The van der Waals surface area contributed by atoms with Gasteiger partial charge in [0.15, 0.2) is 5.82 Å². The summed E-state index contributed by atoms with van der Waals surface area (Å²) in [5, 5.41) is 16.5. The van der Waals surface area contributed by atoms with Crippen LogP contribution >= 0.6 is 0 Å². The molecule has 10 nitrogen and oxygen atoms in total. The number of rotatable bonds is 9. The van der Waals surface area contributed by atoms with E-state index in [1.54, 1.807) is 14.0 Å². The van der Waals surface area contributed by atoms with Gasteiger partial charge in [-0.3, -0.25) is 4.79 Å². The lowest BCUT2D eigenvalue weighted by Crippen LogP contribution is -2.53. The number of nitrogens with one attached hydrogen (secondary N) is 2. The summed E-state index contributed by atoms with van der Waals surface area (Å²) in [6.07, 6.45) is 0.334. The molecule has 1 amide bonds. The van der Waals surface area contributed by atoms with Crippen LogP contribution in [0.15, 0.2) is 24.3 Å². The van der Waals surface area contributed by atoms with Gasteiger partial charge in [0.25, 0.3) is 0 Å². The molecule has 3 N–H and O–H groups in total. The fraction of sp³-hybridized carbons (Fsp3) is 0.577. The maximum atomic E-state index is 11.9. The highest BCUT2D eigenvalue weighted by Gasteiger charge is 2.29. The van der Waals surface area contributed by atoms with Crippen molar-refractivity contribution in [1.82, 2.24) is 20.2 Å². The molecule has 3 atom stereocenters. The quantitative estimate of drug-likeness (QED) is 0.475. The number of amides is 1. The first-order chi connectivity index (χ1) is 17.4. The molecule has 2 fully saturated rings. The van der Waals surface area contributed by atoms with Gasteiger partial charge >= 0.3 is 0 Å². The number of carbonyl (C=O) groups is 1. The van der Waals surface area contributed by atoms with Crippen molar-refractivity contribution in [1.29, 1.82) is 0 Å². The molecule has 2 aliphatic heterocycles. The zero-order valence-corrected chi connectivity index (χ0v) is 21.7. The summed E-state index contributed by atoms with van der Waals surface area (Å²) in [5.41, 5.74) is 1.81. The van der Waals surface area contributed by atoms with Crippen LogP contribution in [0.4, 0.5) is 11.6 Å². The normalized spacial score (nSPS) is 20.9. The second kappa shape index (κ2) is 11.9. The summed E-state index contributed by atoms with van der Waals surface area (Å²) in [4.78, 5) is 26.0. The van der Waals surface area contributed by atoms with Gasteiger partial charge in [-0.25, -0.2) is 9.97 Å². The Bertz CT molecular complexity index is 1050. The molecule has 196 valence electrons. The minimum atomic E-state index is -0.597. The molecule has 2 aromatic rings. The minimum absolute atomic E-state index is 0.0989. The summed E-state index contributed by atoms with van der Waals surface area (Å²) in [7, 11) is 1.79. The van der Waals surface area contributed by atoms with Gasteiger partial charge in [-0.1, -0.05) is 12.1 Å². The van der Waals surface area contributed by atoms with Crippen molar-refractivity contribution < 1.29 is 19.4 Å². The number of ether oxygens (including phenoxy) is 2. The summed E-state index contributed by atoms with van der Waals surface area (Å²) in [5.74, 6) is 3.01. The summed E-state index contributed by atoms with van der Waals surface area (Å²) in [6.45, 7) is 9.86. The Hall–Kier alpha value is -2.95. The first-order valence-electron chi connectivity index (χ1n) is 12.7. The Morgan fingerprint density at radius 2 is 2.17 bits per heavy atom. The third kappa shape index (κ3) is 6.24. The lowest BCUT2D eigenvalue weighted by atomic mass is 10.1. The van der Waals surface area contributed by atoms with Crippen LogP contribution < -0.4 is 20.3 Å². The number of aliphatic hydroxyl groups is 1. The van der Waals surface area contributed by atoms with Crippen LogP contribution in [-0.4, -0.2) is 97.1 Å². The van der Waals surface area contributed by atoms with Gasteiger partial charge < -0.3 is 35.0 Å². The van der Waals surface area contributed by atoms with Crippen LogP contribution in [0.25, 0.3) is 11.4 Å². The van der Waals surface area contributed by atoms with Gasteiger partial charge in [-0.15, -0.1) is 0 Å². The molecular formula is C26H38N6O4. The van der Waals surface area contributed by atoms with E-state index in [1.165, 1.54) is 0 Å². The largest absolute Gasteiger partial charge is 0.491 e. The maximum absolute atomic E-state index is 11.9. The van der Waals surface area contributed by atoms with Crippen LogP contribution in [0, 0.1) is 6.92 Å². The number of piperazine rings is 1. The van der Waals surface area contributed by atoms with Crippen LogP contribution in [0.1, 0.15) is 25.8 Å². The predicted octanol–water partition coefficient (Wildman–Crippen LogP) is 1.67. The molecule has 0 spiro atoms. The van der Waals surface area contributed by atoms with Crippen molar-refractivity contribution in [3.05, 3.63) is 29.8 Å². The summed E-state index contributed by atoms with van der Waals surface area (Å²) < 4.78 is 11.4. The molecule has 0 radical (unpaired) electrons. The number of hydrogen-bond acceptors (Lipinski definition) is 9. The molecule has 3 heterocycles.